The zero-order valence-electron chi connectivity index (χ0n) is 32.4. The molecule has 1 aliphatic rings. The van der Waals surface area contributed by atoms with Gasteiger partial charge >= 0.3 is 0 Å². The molecule has 1 saturated heterocycles. The predicted molar refractivity (Wildman–Crippen MR) is 239 cm³/mol. The fourth-order valence-electron chi connectivity index (χ4n) is 6.99. The van der Waals surface area contributed by atoms with E-state index in [-0.39, 0.29) is 16.5 Å². The van der Waals surface area contributed by atoms with Crippen LogP contribution in [-0.2, 0) is 16.6 Å². The van der Waals surface area contributed by atoms with E-state index in [1.807, 2.05) is 61.5 Å². The van der Waals surface area contributed by atoms with Crippen molar-refractivity contribution in [2.75, 3.05) is 54.0 Å². The van der Waals surface area contributed by atoms with E-state index >= 15 is 0 Å². The van der Waals surface area contributed by atoms with E-state index in [0.717, 1.165) is 84.7 Å². The van der Waals surface area contributed by atoms with E-state index in [0.29, 0.717) is 0 Å². The van der Waals surface area contributed by atoms with Gasteiger partial charge in [-0.15, -0.1) is 11.8 Å². The van der Waals surface area contributed by atoms with Crippen molar-refractivity contribution in [3.8, 4) is 11.1 Å². The van der Waals surface area contributed by atoms with Gasteiger partial charge in [0.1, 0.15) is 0 Å². The first-order valence-electron chi connectivity index (χ1n) is 19.4. The maximum absolute atomic E-state index is 13.4. The number of anilines is 3. The second-order valence-corrected chi connectivity index (χ2v) is 17.5. The number of hydrogen-bond acceptors (Lipinski definition) is 9. The Labute approximate surface area is 350 Å². The number of benzene rings is 5. The minimum Gasteiger partial charge on any atom is -0.384 e. The van der Waals surface area contributed by atoms with Crippen molar-refractivity contribution >= 4 is 56.4 Å². The summed E-state index contributed by atoms with van der Waals surface area (Å²) < 4.78 is 29.2. The first-order chi connectivity index (χ1) is 28.2. The summed E-state index contributed by atoms with van der Waals surface area (Å²) in [6, 6.07) is 42.7. The Hall–Kier alpha value is -5.33. The Morgan fingerprint density at radius 3 is 2.31 bits per heavy atom. The number of carbonyl (C=O) groups is 1. The molecule has 1 aromatic heterocycles. The quantitative estimate of drug-likeness (QED) is 0.0824. The SMILES string of the molecule is Cc1cc(S(=O)(=O)NC(=O)c2ccc(N3CCN(Cc4ccccc4-c4ccc(Cl)cc4)CC3)cc2)ccc1N[C@H](CCNc1cccnc1)CSc1ccccc1. The number of rotatable bonds is 16. The molecule has 7 rings (SSSR count). The molecule has 298 valence electrons. The second kappa shape index (κ2) is 19.4. The summed E-state index contributed by atoms with van der Waals surface area (Å²) in [7, 11) is -4.12. The number of carbonyl (C=O) groups excluding carboxylic acids is 1. The topological polar surface area (TPSA) is 107 Å². The van der Waals surface area contributed by atoms with Gasteiger partial charge in [-0.05, 0) is 114 Å². The fraction of sp³-hybridized carbons (Fsp3) is 0.217. The van der Waals surface area contributed by atoms with Gasteiger partial charge in [-0.1, -0.05) is 66.2 Å². The maximum Gasteiger partial charge on any atom is 0.264 e. The van der Waals surface area contributed by atoms with Crippen LogP contribution in [0.2, 0.25) is 5.02 Å². The number of nitrogens with one attached hydrogen (secondary N) is 3. The van der Waals surface area contributed by atoms with Crippen molar-refractivity contribution in [3.05, 3.63) is 168 Å². The molecule has 5 aromatic carbocycles. The van der Waals surface area contributed by atoms with E-state index in [4.69, 9.17) is 11.6 Å². The number of thioether (sulfide) groups is 1. The van der Waals surface area contributed by atoms with E-state index in [9.17, 15) is 13.2 Å². The summed E-state index contributed by atoms with van der Waals surface area (Å²) in [5, 5.41) is 7.79. The smallest absolute Gasteiger partial charge is 0.264 e. The Morgan fingerprint density at radius 2 is 1.59 bits per heavy atom. The molecule has 0 spiro atoms. The largest absolute Gasteiger partial charge is 0.384 e. The molecule has 12 heteroatoms. The molecule has 58 heavy (non-hydrogen) atoms. The Bertz CT molecular complexity index is 2380. The van der Waals surface area contributed by atoms with Crippen LogP contribution in [0.25, 0.3) is 11.1 Å². The summed E-state index contributed by atoms with van der Waals surface area (Å²) >= 11 is 7.90. The zero-order valence-corrected chi connectivity index (χ0v) is 34.7. The van der Waals surface area contributed by atoms with Gasteiger partial charge in [-0.2, -0.15) is 0 Å². The van der Waals surface area contributed by atoms with Gasteiger partial charge in [-0.25, -0.2) is 13.1 Å². The van der Waals surface area contributed by atoms with Gasteiger partial charge in [-0.3, -0.25) is 14.7 Å². The third kappa shape index (κ3) is 11.0. The Kier molecular flexibility index (Phi) is 13.7. The van der Waals surface area contributed by atoms with Crippen LogP contribution in [0.1, 0.15) is 27.9 Å². The van der Waals surface area contributed by atoms with Crippen molar-refractivity contribution in [3.63, 3.8) is 0 Å². The van der Waals surface area contributed by atoms with E-state index in [1.165, 1.54) is 16.0 Å². The Morgan fingerprint density at radius 1 is 0.845 bits per heavy atom. The molecule has 6 aromatic rings. The molecule has 1 atom stereocenters. The molecule has 0 bridgehead atoms. The van der Waals surface area contributed by atoms with Gasteiger partial charge in [0.05, 0.1) is 10.6 Å². The van der Waals surface area contributed by atoms with Crippen LogP contribution in [-0.4, -0.2) is 68.7 Å². The average molecular weight is 832 g/mol. The van der Waals surface area contributed by atoms with Crippen molar-refractivity contribution in [1.29, 1.82) is 0 Å². The van der Waals surface area contributed by atoms with Gasteiger partial charge in [0.15, 0.2) is 0 Å². The number of aryl methyl sites for hydroxylation is 1. The molecule has 1 amide bonds. The van der Waals surface area contributed by atoms with Crippen LogP contribution in [0.5, 0.6) is 0 Å². The summed E-state index contributed by atoms with van der Waals surface area (Å²) in [6.45, 7) is 6.90. The summed E-state index contributed by atoms with van der Waals surface area (Å²) in [5.74, 6) is 0.138. The van der Waals surface area contributed by atoms with Gasteiger partial charge in [0.25, 0.3) is 15.9 Å². The van der Waals surface area contributed by atoms with Crippen LogP contribution < -0.4 is 20.3 Å². The van der Waals surface area contributed by atoms with Crippen LogP contribution >= 0.6 is 23.4 Å². The van der Waals surface area contributed by atoms with E-state index in [1.54, 1.807) is 54.5 Å². The number of hydrogen-bond donors (Lipinski definition) is 3. The number of sulfonamides is 1. The first-order valence-corrected chi connectivity index (χ1v) is 22.2. The molecule has 0 radical (unpaired) electrons. The number of piperazine rings is 1. The number of aromatic nitrogens is 1. The fourth-order valence-corrected chi connectivity index (χ4v) is 9.17. The van der Waals surface area contributed by atoms with Crippen LogP contribution in [0.4, 0.5) is 17.1 Å². The first kappa shape index (κ1) is 40.9. The van der Waals surface area contributed by atoms with Crippen molar-refractivity contribution < 1.29 is 13.2 Å². The minimum absolute atomic E-state index is 0.0302. The number of pyridine rings is 1. The highest BCUT2D eigenvalue weighted by Crippen LogP contribution is 2.28. The van der Waals surface area contributed by atoms with Crippen LogP contribution in [0, 0.1) is 6.92 Å². The van der Waals surface area contributed by atoms with E-state index < -0.39 is 15.9 Å². The average Bonchev–Trinajstić information content (AvgIpc) is 3.25. The zero-order chi connectivity index (χ0) is 40.3. The van der Waals surface area contributed by atoms with Crippen molar-refractivity contribution in [2.24, 2.45) is 0 Å². The Balaban J connectivity index is 0.927. The highest BCUT2D eigenvalue weighted by atomic mass is 35.5. The number of amides is 1. The predicted octanol–water partition coefficient (Wildman–Crippen LogP) is 9.23. The number of halogens is 1. The lowest BCUT2D eigenvalue weighted by atomic mass is 9.99. The van der Waals surface area contributed by atoms with Gasteiger partial charge in [0, 0.05) is 90.3 Å². The second-order valence-electron chi connectivity index (χ2n) is 14.3. The van der Waals surface area contributed by atoms with Crippen molar-refractivity contribution in [2.45, 2.75) is 35.7 Å². The lowest BCUT2D eigenvalue weighted by Crippen LogP contribution is -2.46. The standard InChI is InChI=1S/C46H47ClN6O3S2/c1-34-30-43(21-22-45(34)50-40(33-57-42-10-3-2-4-11-42)23-25-49-39-9-7-24-48-31-39)58(55,56)51-46(54)36-15-19-41(20-16-36)53-28-26-52(27-29-53)32-37-8-5-6-12-44(37)35-13-17-38(47)18-14-35/h2-22,24,30-31,40,49-50H,23,25-29,32-33H2,1H3,(H,51,54)/t40-/m1/s1. The molecule has 2 heterocycles. The van der Waals surface area contributed by atoms with Crippen LogP contribution in [0.3, 0.4) is 0 Å². The highest BCUT2D eigenvalue weighted by Gasteiger charge is 2.22. The van der Waals surface area contributed by atoms with E-state index in [2.05, 4.69) is 78.7 Å². The van der Waals surface area contributed by atoms with Crippen LogP contribution in [0.15, 0.2) is 156 Å². The molecule has 0 unspecified atom stereocenters. The maximum atomic E-state index is 13.4. The summed E-state index contributed by atoms with van der Waals surface area (Å²) in [5.41, 5.74) is 7.46. The normalized spacial score (nSPS) is 13.8. The molecule has 1 fully saturated rings. The molecule has 0 saturated carbocycles. The van der Waals surface area contributed by atoms with Gasteiger partial charge < -0.3 is 15.5 Å². The highest BCUT2D eigenvalue weighted by molar-refractivity contribution is 7.99. The lowest BCUT2D eigenvalue weighted by molar-refractivity contribution is 0.0981. The summed E-state index contributed by atoms with van der Waals surface area (Å²) in [6.07, 6.45) is 4.37. The number of nitrogens with zero attached hydrogens (tertiary/aromatic N) is 3. The lowest BCUT2D eigenvalue weighted by Gasteiger charge is -2.36. The summed E-state index contributed by atoms with van der Waals surface area (Å²) in [4.78, 5) is 23.4. The third-order valence-electron chi connectivity index (χ3n) is 10.2. The molecule has 9 nitrogen and oxygen atoms in total. The molecule has 3 N–H and O–H groups in total. The molecule has 1 aliphatic heterocycles. The third-order valence-corrected chi connectivity index (χ3v) is 13.0. The monoisotopic (exact) mass is 830 g/mol. The van der Waals surface area contributed by atoms with Gasteiger partial charge in [0.2, 0.25) is 0 Å². The molecular formula is C46H47ClN6O3S2. The molecule has 0 aliphatic carbocycles. The minimum atomic E-state index is -4.12. The van der Waals surface area contributed by atoms with Crippen molar-refractivity contribution in [1.82, 2.24) is 14.6 Å². The molecular weight excluding hydrogens is 784 g/mol.